The fourth-order valence-electron chi connectivity index (χ4n) is 2.95. The molecule has 1 aliphatic carbocycles. The van der Waals surface area contributed by atoms with Crippen molar-refractivity contribution in [1.82, 2.24) is 4.31 Å². The number of nitrogens with zero attached hydrogens (tertiary/aromatic N) is 1. The van der Waals surface area contributed by atoms with Crippen LogP contribution in [-0.4, -0.2) is 45.8 Å². The van der Waals surface area contributed by atoms with Crippen LogP contribution in [0.5, 0.6) is 0 Å². The number of hydrogen-bond donors (Lipinski definition) is 0. The van der Waals surface area contributed by atoms with Gasteiger partial charge in [-0.1, -0.05) is 24.4 Å². The number of sulfonamides is 1. The molecule has 1 saturated carbocycles. The van der Waals surface area contributed by atoms with Gasteiger partial charge < -0.3 is 4.74 Å². The second-order valence-electron chi connectivity index (χ2n) is 6.01. The van der Waals surface area contributed by atoms with Crippen LogP contribution >= 0.6 is 11.6 Å². The van der Waals surface area contributed by atoms with Gasteiger partial charge in [0.15, 0.2) is 0 Å². The lowest BCUT2D eigenvalue weighted by molar-refractivity contribution is 0.0143. The van der Waals surface area contributed by atoms with Gasteiger partial charge in [0.2, 0.25) is 10.0 Å². The molecule has 0 N–H and O–H groups in total. The van der Waals surface area contributed by atoms with Gasteiger partial charge in [-0.05, 0) is 36.6 Å². The Labute approximate surface area is 131 Å². The van der Waals surface area contributed by atoms with Gasteiger partial charge in [-0.3, -0.25) is 0 Å². The van der Waals surface area contributed by atoms with Crippen molar-refractivity contribution in [2.45, 2.75) is 36.1 Å². The van der Waals surface area contributed by atoms with E-state index in [1.165, 1.54) is 12.8 Å². The molecular weight excluding hydrogens is 308 g/mol. The van der Waals surface area contributed by atoms with Crippen LogP contribution in [0, 0.1) is 5.92 Å². The lowest BCUT2D eigenvalue weighted by Gasteiger charge is -2.39. The molecular formula is C14H19BClNO3S. The van der Waals surface area contributed by atoms with E-state index in [0.717, 1.165) is 6.42 Å². The maximum atomic E-state index is 12.9. The van der Waals surface area contributed by atoms with Crippen LogP contribution in [0.4, 0.5) is 0 Å². The fraction of sp³-hybridized carbons (Fsp3) is 0.571. The smallest absolute Gasteiger partial charge is 0.243 e. The van der Waals surface area contributed by atoms with Crippen LogP contribution in [0.3, 0.4) is 0 Å². The summed E-state index contributed by atoms with van der Waals surface area (Å²) in [6.07, 6.45) is 3.32. The number of morpholine rings is 1. The van der Waals surface area contributed by atoms with Crippen molar-refractivity contribution in [3.8, 4) is 0 Å². The molecule has 7 heteroatoms. The number of hydrogen-bond acceptors (Lipinski definition) is 3. The normalized spacial score (nSPS) is 27.7. The Morgan fingerprint density at radius 3 is 2.52 bits per heavy atom. The van der Waals surface area contributed by atoms with Crippen molar-refractivity contribution in [2.75, 3.05) is 13.2 Å². The molecule has 1 unspecified atom stereocenters. The summed E-state index contributed by atoms with van der Waals surface area (Å²) in [6.45, 7) is 0.946. The molecule has 0 amide bonds. The van der Waals surface area contributed by atoms with E-state index >= 15 is 0 Å². The van der Waals surface area contributed by atoms with E-state index < -0.39 is 10.0 Å². The summed E-state index contributed by atoms with van der Waals surface area (Å²) < 4.78 is 33.1. The van der Waals surface area contributed by atoms with Gasteiger partial charge in [-0.2, -0.15) is 4.31 Å². The second kappa shape index (κ2) is 5.91. The van der Waals surface area contributed by atoms with Crippen molar-refractivity contribution < 1.29 is 13.2 Å². The van der Waals surface area contributed by atoms with Crippen molar-refractivity contribution in [2.24, 2.45) is 5.92 Å². The molecule has 1 aromatic carbocycles. The molecule has 1 heterocycles. The Balaban J connectivity index is 1.90. The zero-order valence-corrected chi connectivity index (χ0v) is 13.6. The summed E-state index contributed by atoms with van der Waals surface area (Å²) in [5, 5.41) is 0.540. The molecule has 114 valence electrons. The van der Waals surface area contributed by atoms with Crippen molar-refractivity contribution in [3.63, 3.8) is 0 Å². The van der Waals surface area contributed by atoms with E-state index in [9.17, 15) is 8.42 Å². The first-order chi connectivity index (χ1) is 9.98. The van der Waals surface area contributed by atoms with Crippen molar-refractivity contribution in [3.05, 3.63) is 29.3 Å². The first-order valence-corrected chi connectivity index (χ1v) is 9.17. The minimum absolute atomic E-state index is 0.0538. The first-order valence-electron chi connectivity index (χ1n) is 7.35. The summed E-state index contributed by atoms with van der Waals surface area (Å²) in [7, 11) is -1.59. The quantitative estimate of drug-likeness (QED) is 0.787. The van der Waals surface area contributed by atoms with E-state index in [1.54, 1.807) is 28.6 Å². The molecule has 1 aliphatic heterocycles. The third kappa shape index (κ3) is 3.28. The monoisotopic (exact) mass is 327 g/mol. The van der Waals surface area contributed by atoms with Gasteiger partial charge in [-0.15, -0.1) is 0 Å². The molecule has 4 nitrogen and oxygen atoms in total. The van der Waals surface area contributed by atoms with E-state index in [2.05, 4.69) is 0 Å². The minimum atomic E-state index is -3.50. The molecule has 0 bridgehead atoms. The fourth-order valence-corrected chi connectivity index (χ4v) is 4.88. The highest BCUT2D eigenvalue weighted by atomic mass is 35.5. The van der Waals surface area contributed by atoms with E-state index in [1.807, 2.05) is 7.85 Å². The Bertz CT molecular complexity index is 603. The average molecular weight is 328 g/mol. The molecule has 3 rings (SSSR count). The standard InChI is InChI=1S/C14H19BClNO3S/c15-14-9-20-8-12(7-10-1-2-10)17(14)21(18,19)13-5-3-11(16)4-6-13/h3-6,10,12,14H,1-2,7-9,15H2/t12-,14?/m1/s1. The molecule has 21 heavy (non-hydrogen) atoms. The predicted molar refractivity (Wildman–Crippen MR) is 84.8 cm³/mol. The number of benzene rings is 1. The number of ether oxygens (including phenoxy) is 1. The Kier molecular flexibility index (Phi) is 4.32. The Hall–Kier alpha value is -0.555. The summed E-state index contributed by atoms with van der Waals surface area (Å²) in [6, 6.07) is 6.34. The van der Waals surface area contributed by atoms with Gasteiger partial charge in [0.1, 0.15) is 7.85 Å². The molecule has 1 saturated heterocycles. The molecule has 2 fully saturated rings. The lowest BCUT2D eigenvalue weighted by atomic mass is 9.94. The Morgan fingerprint density at radius 2 is 1.90 bits per heavy atom. The topological polar surface area (TPSA) is 46.6 Å². The van der Waals surface area contributed by atoms with E-state index in [0.29, 0.717) is 29.0 Å². The number of rotatable bonds is 4. The molecule has 2 aliphatic rings. The largest absolute Gasteiger partial charge is 0.379 e. The summed E-state index contributed by atoms with van der Waals surface area (Å²) >= 11 is 5.85. The van der Waals surface area contributed by atoms with Gasteiger partial charge in [-0.25, -0.2) is 8.42 Å². The molecule has 1 aromatic rings. The minimum Gasteiger partial charge on any atom is -0.379 e. The third-order valence-corrected chi connectivity index (χ3v) is 6.49. The van der Waals surface area contributed by atoms with Gasteiger partial charge >= 0.3 is 0 Å². The summed E-state index contributed by atoms with van der Waals surface area (Å²) in [4.78, 5) is 0.307. The highest BCUT2D eigenvalue weighted by Gasteiger charge is 2.40. The second-order valence-corrected chi connectivity index (χ2v) is 8.29. The Morgan fingerprint density at radius 1 is 1.24 bits per heavy atom. The molecule has 0 aromatic heterocycles. The predicted octanol–water partition coefficient (Wildman–Crippen LogP) is 1.49. The molecule has 0 spiro atoms. The molecule has 2 atom stereocenters. The van der Waals surface area contributed by atoms with Crippen LogP contribution in [0.15, 0.2) is 29.2 Å². The van der Waals surface area contributed by atoms with Gasteiger partial charge in [0, 0.05) is 17.0 Å². The molecule has 0 radical (unpaired) electrons. The SMILES string of the molecule is BC1COC[C@@H](CC2CC2)N1S(=O)(=O)c1ccc(Cl)cc1. The summed E-state index contributed by atoms with van der Waals surface area (Å²) in [5.41, 5.74) is 0. The van der Waals surface area contributed by atoms with Gasteiger partial charge in [0.05, 0.1) is 18.1 Å². The summed E-state index contributed by atoms with van der Waals surface area (Å²) in [5.74, 6) is 0.523. The number of halogens is 1. The highest BCUT2D eigenvalue weighted by Crippen LogP contribution is 2.37. The van der Waals surface area contributed by atoms with Crippen LogP contribution in [-0.2, 0) is 14.8 Å². The van der Waals surface area contributed by atoms with E-state index in [-0.39, 0.29) is 12.0 Å². The van der Waals surface area contributed by atoms with Crippen LogP contribution < -0.4 is 0 Å². The zero-order chi connectivity index (χ0) is 15.0. The first kappa shape index (κ1) is 15.3. The van der Waals surface area contributed by atoms with E-state index in [4.69, 9.17) is 16.3 Å². The lowest BCUT2D eigenvalue weighted by Crippen LogP contribution is -2.55. The van der Waals surface area contributed by atoms with Crippen molar-refractivity contribution in [1.29, 1.82) is 0 Å². The average Bonchev–Trinajstić information content (AvgIpc) is 3.23. The maximum absolute atomic E-state index is 12.9. The highest BCUT2D eigenvalue weighted by molar-refractivity contribution is 7.89. The maximum Gasteiger partial charge on any atom is 0.243 e. The third-order valence-electron chi connectivity index (χ3n) is 4.15. The van der Waals surface area contributed by atoms with Crippen LogP contribution in [0.1, 0.15) is 19.3 Å². The van der Waals surface area contributed by atoms with Crippen molar-refractivity contribution >= 4 is 29.5 Å². The van der Waals surface area contributed by atoms with Gasteiger partial charge in [0.25, 0.3) is 0 Å². The van der Waals surface area contributed by atoms with Crippen LogP contribution in [0.25, 0.3) is 0 Å². The van der Waals surface area contributed by atoms with Crippen LogP contribution in [0.2, 0.25) is 5.02 Å². The zero-order valence-electron chi connectivity index (χ0n) is 12.0.